The molecule has 0 saturated heterocycles. The summed E-state index contributed by atoms with van der Waals surface area (Å²) in [6.45, 7) is 6.40. The minimum absolute atomic E-state index is 1.06. The van der Waals surface area contributed by atoms with Crippen LogP contribution in [0.25, 0.3) is 11.3 Å². The van der Waals surface area contributed by atoms with Crippen LogP contribution < -0.4 is 0 Å². The van der Waals surface area contributed by atoms with E-state index in [9.17, 15) is 0 Å². The van der Waals surface area contributed by atoms with Crippen LogP contribution in [-0.4, -0.2) is 4.98 Å². The number of thiazole rings is 1. The van der Waals surface area contributed by atoms with Gasteiger partial charge >= 0.3 is 0 Å². The minimum Gasteiger partial charge on any atom is -0.243 e. The Balaban J connectivity index is 2.68. The molecule has 0 radical (unpaired) electrons. The predicted molar refractivity (Wildman–Crippen MR) is 69.5 cm³/mol. The van der Waals surface area contributed by atoms with Gasteiger partial charge in [-0.3, -0.25) is 0 Å². The van der Waals surface area contributed by atoms with Crippen LogP contribution in [0.2, 0.25) is 0 Å². The first-order chi connectivity index (χ1) is 7.09. The third-order valence-corrected chi connectivity index (χ3v) is 3.99. The van der Waals surface area contributed by atoms with E-state index in [1.54, 1.807) is 11.3 Å². The molecule has 2 aromatic rings. The molecule has 0 amide bonds. The summed E-state index contributed by atoms with van der Waals surface area (Å²) in [5.74, 6) is 0. The van der Waals surface area contributed by atoms with Gasteiger partial charge in [0.25, 0.3) is 0 Å². The smallest absolute Gasteiger partial charge is 0.0977 e. The number of halogens is 1. The molecule has 3 heteroatoms. The fourth-order valence-electron chi connectivity index (χ4n) is 1.95. The molecule has 0 N–H and O–H groups in total. The third kappa shape index (κ3) is 1.99. The van der Waals surface area contributed by atoms with Crippen molar-refractivity contribution < 1.29 is 0 Å². The maximum Gasteiger partial charge on any atom is 0.0977 e. The van der Waals surface area contributed by atoms with Crippen LogP contribution in [0.4, 0.5) is 0 Å². The predicted octanol–water partition coefficient (Wildman–Crippen LogP) is 4.50. The van der Waals surface area contributed by atoms with Gasteiger partial charge in [0.05, 0.1) is 15.0 Å². The number of aromatic nitrogens is 1. The van der Waals surface area contributed by atoms with E-state index >= 15 is 0 Å². The average Bonchev–Trinajstić information content (AvgIpc) is 2.50. The number of nitrogens with zero attached hydrogens (tertiary/aromatic N) is 1. The SMILES string of the molecule is Cc1cc(C)c(-c2ncsc2Br)c(C)c1. The van der Waals surface area contributed by atoms with Crippen molar-refractivity contribution in [2.75, 3.05) is 0 Å². The zero-order valence-electron chi connectivity index (χ0n) is 8.97. The molecule has 0 atom stereocenters. The highest BCUT2D eigenvalue weighted by Crippen LogP contribution is 2.34. The maximum absolute atomic E-state index is 4.41. The van der Waals surface area contributed by atoms with Gasteiger partial charge in [-0.2, -0.15) is 0 Å². The maximum atomic E-state index is 4.41. The Morgan fingerprint density at radius 1 is 1.13 bits per heavy atom. The van der Waals surface area contributed by atoms with Crippen LogP contribution in [-0.2, 0) is 0 Å². The number of rotatable bonds is 1. The number of aryl methyl sites for hydroxylation is 3. The van der Waals surface area contributed by atoms with E-state index < -0.39 is 0 Å². The largest absolute Gasteiger partial charge is 0.243 e. The molecule has 1 nitrogen and oxygen atoms in total. The van der Waals surface area contributed by atoms with Crippen molar-refractivity contribution >= 4 is 27.3 Å². The zero-order chi connectivity index (χ0) is 11.0. The highest BCUT2D eigenvalue weighted by Gasteiger charge is 2.11. The summed E-state index contributed by atoms with van der Waals surface area (Å²) in [7, 11) is 0. The lowest BCUT2D eigenvalue weighted by Gasteiger charge is -2.09. The fourth-order valence-corrected chi connectivity index (χ4v) is 3.02. The van der Waals surface area contributed by atoms with Crippen LogP contribution in [0.1, 0.15) is 16.7 Å². The van der Waals surface area contributed by atoms with Gasteiger partial charge in [-0.25, -0.2) is 4.98 Å². The van der Waals surface area contributed by atoms with E-state index in [4.69, 9.17) is 0 Å². The summed E-state index contributed by atoms with van der Waals surface area (Å²) in [5.41, 5.74) is 8.08. The monoisotopic (exact) mass is 281 g/mol. The van der Waals surface area contributed by atoms with E-state index in [1.165, 1.54) is 22.3 Å². The number of benzene rings is 1. The quantitative estimate of drug-likeness (QED) is 0.750. The summed E-state index contributed by atoms with van der Waals surface area (Å²) in [6, 6.07) is 4.40. The molecular formula is C12H12BrNS. The van der Waals surface area contributed by atoms with E-state index in [1.807, 2.05) is 5.51 Å². The van der Waals surface area contributed by atoms with Gasteiger partial charge in [0, 0.05) is 5.56 Å². The zero-order valence-corrected chi connectivity index (χ0v) is 11.4. The molecule has 1 aromatic heterocycles. The molecule has 0 spiro atoms. The first kappa shape index (κ1) is 10.8. The second-order valence-corrected chi connectivity index (χ2v) is 5.92. The summed E-state index contributed by atoms with van der Waals surface area (Å²) < 4.78 is 1.11. The van der Waals surface area contributed by atoms with E-state index in [0.29, 0.717) is 0 Å². The molecule has 1 aromatic carbocycles. The lowest BCUT2D eigenvalue weighted by Crippen LogP contribution is -1.90. The third-order valence-electron chi connectivity index (χ3n) is 2.44. The van der Waals surface area contributed by atoms with Gasteiger partial charge < -0.3 is 0 Å². The van der Waals surface area contributed by atoms with Crippen molar-refractivity contribution in [2.45, 2.75) is 20.8 Å². The summed E-state index contributed by atoms with van der Waals surface area (Å²) in [4.78, 5) is 4.41. The van der Waals surface area contributed by atoms with Crippen molar-refractivity contribution in [1.82, 2.24) is 4.98 Å². The van der Waals surface area contributed by atoms with E-state index in [-0.39, 0.29) is 0 Å². The fraction of sp³-hybridized carbons (Fsp3) is 0.250. The van der Waals surface area contributed by atoms with Crippen LogP contribution in [0, 0.1) is 20.8 Å². The molecule has 0 aliphatic carbocycles. The van der Waals surface area contributed by atoms with E-state index in [2.05, 4.69) is 53.8 Å². The van der Waals surface area contributed by atoms with Crippen LogP contribution >= 0.6 is 27.3 Å². The summed E-state index contributed by atoms with van der Waals surface area (Å²) >= 11 is 5.17. The molecule has 0 unspecified atom stereocenters. The minimum atomic E-state index is 1.06. The van der Waals surface area contributed by atoms with Crippen molar-refractivity contribution in [3.63, 3.8) is 0 Å². The second-order valence-electron chi connectivity index (χ2n) is 3.75. The van der Waals surface area contributed by atoms with Gasteiger partial charge in [-0.15, -0.1) is 11.3 Å². The number of hydrogen-bond acceptors (Lipinski definition) is 2. The molecule has 0 aliphatic rings. The van der Waals surface area contributed by atoms with Gasteiger partial charge in [0.1, 0.15) is 0 Å². The van der Waals surface area contributed by atoms with Crippen LogP contribution in [0.3, 0.4) is 0 Å². The molecule has 0 fully saturated rings. The topological polar surface area (TPSA) is 12.9 Å². The Labute approximate surface area is 102 Å². The molecule has 2 rings (SSSR count). The first-order valence-corrected chi connectivity index (χ1v) is 6.44. The summed E-state index contributed by atoms with van der Waals surface area (Å²) in [6.07, 6.45) is 0. The Bertz CT molecular complexity index is 479. The molecule has 78 valence electrons. The standard InChI is InChI=1S/C12H12BrNS/c1-7-4-8(2)10(9(3)5-7)11-12(13)15-6-14-11/h4-6H,1-3H3. The number of hydrogen-bond donors (Lipinski definition) is 0. The molecule has 1 heterocycles. The highest BCUT2D eigenvalue weighted by atomic mass is 79.9. The molecule has 0 saturated carbocycles. The summed E-state index contributed by atoms with van der Waals surface area (Å²) in [5, 5.41) is 0. The van der Waals surface area contributed by atoms with Crippen molar-refractivity contribution in [3.05, 3.63) is 38.1 Å². The lowest BCUT2D eigenvalue weighted by atomic mass is 9.98. The second kappa shape index (κ2) is 4.06. The van der Waals surface area contributed by atoms with Crippen molar-refractivity contribution in [2.24, 2.45) is 0 Å². The average molecular weight is 282 g/mol. The Morgan fingerprint density at radius 3 is 2.20 bits per heavy atom. The Morgan fingerprint density at radius 2 is 1.73 bits per heavy atom. The molecule has 0 aliphatic heterocycles. The van der Waals surface area contributed by atoms with Gasteiger partial charge in [0.15, 0.2) is 0 Å². The first-order valence-electron chi connectivity index (χ1n) is 4.77. The molecular weight excluding hydrogens is 270 g/mol. The normalized spacial score (nSPS) is 10.7. The Hall–Kier alpha value is -0.670. The molecule has 0 bridgehead atoms. The van der Waals surface area contributed by atoms with Crippen LogP contribution in [0.15, 0.2) is 21.4 Å². The van der Waals surface area contributed by atoms with Crippen molar-refractivity contribution in [1.29, 1.82) is 0 Å². The lowest BCUT2D eigenvalue weighted by molar-refractivity contribution is 1.29. The van der Waals surface area contributed by atoms with E-state index in [0.717, 1.165) is 9.48 Å². The Kier molecular flexibility index (Phi) is 2.94. The molecule has 15 heavy (non-hydrogen) atoms. The van der Waals surface area contributed by atoms with Gasteiger partial charge in [0.2, 0.25) is 0 Å². The van der Waals surface area contributed by atoms with Gasteiger partial charge in [-0.1, -0.05) is 17.7 Å². The highest BCUT2D eigenvalue weighted by molar-refractivity contribution is 9.11. The van der Waals surface area contributed by atoms with Gasteiger partial charge in [-0.05, 0) is 47.8 Å². The van der Waals surface area contributed by atoms with Crippen LogP contribution in [0.5, 0.6) is 0 Å². The van der Waals surface area contributed by atoms with Crippen molar-refractivity contribution in [3.8, 4) is 11.3 Å².